The minimum atomic E-state index is -0.650. The second-order valence-electron chi connectivity index (χ2n) is 5.59. The summed E-state index contributed by atoms with van der Waals surface area (Å²) in [6, 6.07) is 11.5. The molecule has 124 valence electrons. The average Bonchev–Trinajstić information content (AvgIpc) is 2.99. The topological polar surface area (TPSA) is 49.4 Å². The Labute approximate surface area is 144 Å². The summed E-state index contributed by atoms with van der Waals surface area (Å²) in [5, 5.41) is 2.73. The van der Waals surface area contributed by atoms with Crippen molar-refractivity contribution in [3.05, 3.63) is 64.4 Å². The number of amides is 2. The molecule has 0 bridgehead atoms. The highest BCUT2D eigenvalue weighted by Crippen LogP contribution is 2.22. The molecule has 4 nitrogen and oxygen atoms in total. The van der Waals surface area contributed by atoms with Crippen LogP contribution in [0.4, 0.5) is 10.1 Å². The molecule has 0 radical (unpaired) electrons. The fourth-order valence-corrected chi connectivity index (χ4v) is 2.95. The molecule has 0 saturated carbocycles. The van der Waals surface area contributed by atoms with E-state index in [0.717, 1.165) is 24.2 Å². The van der Waals surface area contributed by atoms with Crippen LogP contribution in [0.3, 0.4) is 0 Å². The number of anilines is 1. The fraction of sp³-hybridized carbons (Fsp3) is 0.222. The Morgan fingerprint density at radius 2 is 1.96 bits per heavy atom. The molecule has 0 unspecified atom stereocenters. The van der Waals surface area contributed by atoms with Crippen LogP contribution >= 0.6 is 11.6 Å². The minimum absolute atomic E-state index is 0.0791. The average molecular weight is 347 g/mol. The molecular formula is C18H16ClFN2O2. The van der Waals surface area contributed by atoms with Gasteiger partial charge in [-0.25, -0.2) is 4.39 Å². The predicted octanol–water partition coefficient (Wildman–Crippen LogP) is 3.54. The maximum Gasteiger partial charge on any atom is 0.256 e. The number of halogens is 2. The van der Waals surface area contributed by atoms with Crippen LogP contribution in [0, 0.1) is 5.82 Å². The quantitative estimate of drug-likeness (QED) is 0.920. The smallest absolute Gasteiger partial charge is 0.256 e. The van der Waals surface area contributed by atoms with Crippen molar-refractivity contribution < 1.29 is 14.0 Å². The van der Waals surface area contributed by atoms with E-state index in [0.29, 0.717) is 6.42 Å². The molecular weight excluding hydrogens is 331 g/mol. The lowest BCUT2D eigenvalue weighted by atomic mass is 10.1. The van der Waals surface area contributed by atoms with Crippen LogP contribution in [0.15, 0.2) is 42.5 Å². The number of nitrogens with zero attached hydrogens (tertiary/aromatic N) is 1. The van der Waals surface area contributed by atoms with Gasteiger partial charge in [0.15, 0.2) is 0 Å². The van der Waals surface area contributed by atoms with Gasteiger partial charge in [0.05, 0.1) is 10.6 Å². The number of hydrogen-bond donors (Lipinski definition) is 1. The Balaban J connectivity index is 1.64. The van der Waals surface area contributed by atoms with Gasteiger partial charge in [0.1, 0.15) is 5.82 Å². The first-order chi connectivity index (χ1) is 11.6. The van der Waals surface area contributed by atoms with E-state index in [2.05, 4.69) is 5.32 Å². The lowest BCUT2D eigenvalue weighted by molar-refractivity contribution is -0.117. The van der Waals surface area contributed by atoms with Gasteiger partial charge in [0, 0.05) is 25.2 Å². The maximum absolute atomic E-state index is 13.7. The third-order valence-corrected chi connectivity index (χ3v) is 4.28. The summed E-state index contributed by atoms with van der Waals surface area (Å²) in [4.78, 5) is 25.6. The molecule has 0 aromatic heterocycles. The van der Waals surface area contributed by atoms with E-state index >= 15 is 0 Å². The lowest BCUT2D eigenvalue weighted by Gasteiger charge is -2.16. The maximum atomic E-state index is 13.7. The van der Waals surface area contributed by atoms with Crippen molar-refractivity contribution in [2.75, 3.05) is 11.4 Å². The predicted molar refractivity (Wildman–Crippen MR) is 90.6 cm³/mol. The highest BCUT2D eigenvalue weighted by molar-refractivity contribution is 6.33. The monoisotopic (exact) mass is 346 g/mol. The Kier molecular flexibility index (Phi) is 4.81. The number of rotatable bonds is 4. The molecule has 24 heavy (non-hydrogen) atoms. The molecule has 0 spiro atoms. The van der Waals surface area contributed by atoms with Gasteiger partial charge in [0.25, 0.3) is 5.91 Å². The molecule has 2 aromatic rings. The van der Waals surface area contributed by atoms with E-state index in [1.165, 1.54) is 18.2 Å². The zero-order chi connectivity index (χ0) is 17.1. The zero-order valence-electron chi connectivity index (χ0n) is 12.9. The lowest BCUT2D eigenvalue weighted by Crippen LogP contribution is -2.25. The third-order valence-electron chi connectivity index (χ3n) is 3.96. The number of benzene rings is 2. The minimum Gasteiger partial charge on any atom is -0.348 e. The second kappa shape index (κ2) is 7.01. The fourth-order valence-electron chi connectivity index (χ4n) is 2.70. The van der Waals surface area contributed by atoms with Crippen molar-refractivity contribution in [2.24, 2.45) is 0 Å². The second-order valence-corrected chi connectivity index (χ2v) is 6.00. The van der Waals surface area contributed by atoms with Gasteiger partial charge in [-0.3, -0.25) is 9.59 Å². The van der Waals surface area contributed by atoms with Crippen molar-refractivity contribution >= 4 is 29.1 Å². The van der Waals surface area contributed by atoms with Gasteiger partial charge in [0.2, 0.25) is 5.91 Å². The largest absolute Gasteiger partial charge is 0.348 e. The summed E-state index contributed by atoms with van der Waals surface area (Å²) in [7, 11) is 0. The van der Waals surface area contributed by atoms with E-state index in [4.69, 9.17) is 11.6 Å². The number of hydrogen-bond acceptors (Lipinski definition) is 2. The summed E-state index contributed by atoms with van der Waals surface area (Å²) in [6.45, 7) is 0.985. The van der Waals surface area contributed by atoms with Crippen LogP contribution in [0.1, 0.15) is 28.8 Å². The first-order valence-electron chi connectivity index (χ1n) is 7.68. The van der Waals surface area contributed by atoms with Crippen LogP contribution in [-0.2, 0) is 11.3 Å². The van der Waals surface area contributed by atoms with Crippen LogP contribution in [0.25, 0.3) is 0 Å². The van der Waals surface area contributed by atoms with E-state index in [-0.39, 0.29) is 23.0 Å². The molecule has 6 heteroatoms. The normalized spacial score (nSPS) is 14.1. The molecule has 1 heterocycles. The molecule has 0 atom stereocenters. The van der Waals surface area contributed by atoms with Gasteiger partial charge in [-0.2, -0.15) is 0 Å². The summed E-state index contributed by atoms with van der Waals surface area (Å²) in [6.07, 6.45) is 1.46. The Bertz CT molecular complexity index is 757. The standard InChI is InChI=1S/C18H16ClFN2O2/c19-14-3-1-4-15(20)17(14)18(24)21-11-12-6-8-13(9-7-12)22-10-2-5-16(22)23/h1,3-4,6-9H,2,5,10-11H2,(H,21,24). The van der Waals surface area contributed by atoms with Gasteiger partial charge in [-0.15, -0.1) is 0 Å². The first-order valence-corrected chi connectivity index (χ1v) is 8.05. The Morgan fingerprint density at radius 1 is 1.21 bits per heavy atom. The molecule has 1 aliphatic heterocycles. The molecule has 1 fully saturated rings. The van der Waals surface area contributed by atoms with Gasteiger partial charge in [-0.1, -0.05) is 29.8 Å². The molecule has 3 rings (SSSR count). The van der Waals surface area contributed by atoms with E-state index in [1.54, 1.807) is 4.90 Å². The SMILES string of the molecule is O=C(NCc1ccc(N2CCCC2=O)cc1)c1c(F)cccc1Cl. The Hall–Kier alpha value is -2.40. The summed E-state index contributed by atoms with van der Waals surface area (Å²) in [5.74, 6) is -1.08. The van der Waals surface area contributed by atoms with Crippen molar-refractivity contribution in [1.29, 1.82) is 0 Å². The van der Waals surface area contributed by atoms with Gasteiger partial charge in [-0.05, 0) is 36.2 Å². The van der Waals surface area contributed by atoms with E-state index in [9.17, 15) is 14.0 Å². The number of carbonyl (C=O) groups excluding carboxylic acids is 2. The van der Waals surface area contributed by atoms with Gasteiger partial charge < -0.3 is 10.2 Å². The van der Waals surface area contributed by atoms with Crippen LogP contribution < -0.4 is 10.2 Å². The van der Waals surface area contributed by atoms with E-state index < -0.39 is 11.7 Å². The molecule has 2 aromatic carbocycles. The van der Waals surface area contributed by atoms with Crippen molar-refractivity contribution in [3.8, 4) is 0 Å². The summed E-state index contributed by atoms with van der Waals surface area (Å²) >= 11 is 5.87. The van der Waals surface area contributed by atoms with E-state index in [1.807, 2.05) is 24.3 Å². The number of nitrogens with one attached hydrogen (secondary N) is 1. The first kappa shape index (κ1) is 16.5. The third kappa shape index (κ3) is 3.41. The molecule has 2 amide bonds. The molecule has 1 aliphatic rings. The highest BCUT2D eigenvalue weighted by atomic mass is 35.5. The van der Waals surface area contributed by atoms with Crippen LogP contribution in [-0.4, -0.2) is 18.4 Å². The van der Waals surface area contributed by atoms with Crippen molar-refractivity contribution in [2.45, 2.75) is 19.4 Å². The molecule has 1 saturated heterocycles. The van der Waals surface area contributed by atoms with Crippen LogP contribution in [0.2, 0.25) is 5.02 Å². The zero-order valence-corrected chi connectivity index (χ0v) is 13.6. The summed E-state index contributed by atoms with van der Waals surface area (Å²) < 4.78 is 13.7. The molecule has 0 aliphatic carbocycles. The van der Waals surface area contributed by atoms with Crippen LogP contribution in [0.5, 0.6) is 0 Å². The number of carbonyl (C=O) groups is 2. The highest BCUT2D eigenvalue weighted by Gasteiger charge is 2.21. The molecule has 1 N–H and O–H groups in total. The van der Waals surface area contributed by atoms with Crippen molar-refractivity contribution in [1.82, 2.24) is 5.32 Å². The Morgan fingerprint density at radius 3 is 2.58 bits per heavy atom. The van der Waals surface area contributed by atoms with Gasteiger partial charge >= 0.3 is 0 Å². The summed E-state index contributed by atoms with van der Waals surface area (Å²) in [5.41, 5.74) is 1.55. The van der Waals surface area contributed by atoms with Crippen molar-refractivity contribution in [3.63, 3.8) is 0 Å².